The summed E-state index contributed by atoms with van der Waals surface area (Å²) in [4.78, 5) is 40.3. The van der Waals surface area contributed by atoms with Gasteiger partial charge in [-0.05, 0) is 56.4 Å². The van der Waals surface area contributed by atoms with Crippen molar-refractivity contribution in [2.75, 3.05) is 16.8 Å². The number of aliphatic hydroxyl groups excluding tert-OH is 1. The van der Waals surface area contributed by atoms with Crippen LogP contribution in [0.2, 0.25) is 5.02 Å². The van der Waals surface area contributed by atoms with Gasteiger partial charge in [-0.3, -0.25) is 24.2 Å². The van der Waals surface area contributed by atoms with Gasteiger partial charge in [0.2, 0.25) is 5.91 Å². The van der Waals surface area contributed by atoms with Crippen molar-refractivity contribution in [3.05, 3.63) is 81.9 Å². The molecule has 228 valence electrons. The Morgan fingerprint density at radius 1 is 1.18 bits per heavy atom. The molecule has 1 aliphatic heterocycles. The SMILES string of the molecule is Cc1cc([C@H](C)n2cc(NC(=O)c3nc(-c4c(C(F)F)ccc(Cl)c4F)cnc3[C@H](C)O)cn2)cnc1N1C[C@H]2C[C@H]2C1=O. The summed E-state index contributed by atoms with van der Waals surface area (Å²) in [7, 11) is 0. The van der Waals surface area contributed by atoms with Crippen LogP contribution in [-0.4, -0.2) is 48.2 Å². The van der Waals surface area contributed by atoms with E-state index in [0.717, 1.165) is 35.9 Å². The minimum atomic E-state index is -3.05. The number of aryl methyl sites for hydroxylation is 1. The Bertz CT molecular complexity index is 1800. The first kappa shape index (κ1) is 29.7. The smallest absolute Gasteiger partial charge is 0.276 e. The van der Waals surface area contributed by atoms with E-state index in [2.05, 4.69) is 25.4 Å². The number of anilines is 2. The van der Waals surface area contributed by atoms with E-state index >= 15 is 0 Å². The fourth-order valence-corrected chi connectivity index (χ4v) is 5.68. The second-order valence-corrected chi connectivity index (χ2v) is 11.5. The van der Waals surface area contributed by atoms with E-state index in [0.29, 0.717) is 18.3 Å². The summed E-state index contributed by atoms with van der Waals surface area (Å²) in [5, 5.41) is 16.8. The molecule has 2 amide bonds. The summed E-state index contributed by atoms with van der Waals surface area (Å²) in [5.41, 5.74) is -0.167. The number of benzene rings is 1. The Morgan fingerprint density at radius 3 is 2.61 bits per heavy atom. The molecule has 1 aliphatic carbocycles. The second-order valence-electron chi connectivity index (χ2n) is 11.1. The molecule has 4 atom stereocenters. The lowest BCUT2D eigenvalue weighted by Crippen LogP contribution is -2.29. The molecule has 0 bridgehead atoms. The average molecular weight is 626 g/mol. The summed E-state index contributed by atoms with van der Waals surface area (Å²) in [6, 6.07) is 3.64. The first-order chi connectivity index (χ1) is 20.9. The van der Waals surface area contributed by atoms with Gasteiger partial charge in [0, 0.05) is 36.0 Å². The number of pyridine rings is 1. The van der Waals surface area contributed by atoms with E-state index < -0.39 is 40.4 Å². The predicted octanol–water partition coefficient (Wildman–Crippen LogP) is 5.67. The number of aromatic nitrogens is 5. The van der Waals surface area contributed by atoms with Gasteiger partial charge in [-0.25, -0.2) is 23.1 Å². The van der Waals surface area contributed by atoms with Crippen molar-refractivity contribution in [1.82, 2.24) is 24.7 Å². The topological polar surface area (TPSA) is 126 Å². The van der Waals surface area contributed by atoms with Crippen LogP contribution in [0.15, 0.2) is 43.0 Å². The third kappa shape index (κ3) is 5.30. The zero-order valence-electron chi connectivity index (χ0n) is 23.8. The molecule has 2 aliphatic rings. The Labute approximate surface area is 254 Å². The molecule has 4 heterocycles. The molecule has 3 aromatic heterocycles. The molecule has 2 N–H and O–H groups in total. The second kappa shape index (κ2) is 11.3. The first-order valence-electron chi connectivity index (χ1n) is 13.9. The number of amides is 2. The molecule has 4 aromatic rings. The van der Waals surface area contributed by atoms with Gasteiger partial charge in [-0.15, -0.1) is 0 Å². The predicted molar refractivity (Wildman–Crippen MR) is 155 cm³/mol. The van der Waals surface area contributed by atoms with Crippen LogP contribution < -0.4 is 10.2 Å². The van der Waals surface area contributed by atoms with Crippen LogP contribution in [0, 0.1) is 24.6 Å². The van der Waals surface area contributed by atoms with Gasteiger partial charge >= 0.3 is 0 Å². The highest BCUT2D eigenvalue weighted by Gasteiger charge is 2.53. The van der Waals surface area contributed by atoms with Crippen molar-refractivity contribution in [2.45, 2.75) is 45.8 Å². The number of rotatable bonds is 8. The summed E-state index contributed by atoms with van der Waals surface area (Å²) >= 11 is 5.85. The molecule has 2 fully saturated rings. The number of hydrogen-bond donors (Lipinski definition) is 2. The third-order valence-corrected chi connectivity index (χ3v) is 8.31. The third-order valence-electron chi connectivity index (χ3n) is 8.02. The summed E-state index contributed by atoms with van der Waals surface area (Å²) in [6.07, 6.45) is 2.34. The van der Waals surface area contributed by atoms with Crippen LogP contribution >= 0.6 is 11.6 Å². The largest absolute Gasteiger partial charge is 0.387 e. The van der Waals surface area contributed by atoms with Gasteiger partial charge in [0.15, 0.2) is 11.5 Å². The molecule has 6 rings (SSSR count). The molecule has 1 saturated carbocycles. The minimum Gasteiger partial charge on any atom is -0.387 e. The molecule has 44 heavy (non-hydrogen) atoms. The summed E-state index contributed by atoms with van der Waals surface area (Å²) in [5.74, 6) is -0.614. The van der Waals surface area contributed by atoms with E-state index in [1.807, 2.05) is 19.9 Å². The Hall–Kier alpha value is -4.36. The fraction of sp³-hybridized carbons (Fsp3) is 0.333. The standard InChI is InChI=1S/C30H27ClF3N7O3/c1-13-6-16(8-36-28(13)40-11-17-7-20(17)30(40)44)14(2)41-12-18(9-37-41)38-29(43)26-25(15(3)42)35-10-22(39-26)23-19(27(33)34)4-5-21(31)24(23)32/h4-6,8-10,12,14-15,17,20,27,42H,7,11H2,1-3H3,(H,38,43)/t14-,15-,17+,20+/m0/s1. The lowest BCUT2D eigenvalue weighted by molar-refractivity contribution is -0.118. The molecule has 1 saturated heterocycles. The van der Waals surface area contributed by atoms with Crippen LogP contribution in [0.4, 0.5) is 24.7 Å². The fourth-order valence-electron chi connectivity index (χ4n) is 5.52. The summed E-state index contributed by atoms with van der Waals surface area (Å²) < 4.78 is 43.9. The maximum absolute atomic E-state index is 14.9. The van der Waals surface area contributed by atoms with Crippen LogP contribution in [-0.2, 0) is 4.79 Å². The quantitative estimate of drug-likeness (QED) is 0.258. The van der Waals surface area contributed by atoms with Gasteiger partial charge in [0.05, 0.1) is 46.6 Å². The van der Waals surface area contributed by atoms with Gasteiger partial charge < -0.3 is 10.4 Å². The zero-order chi connectivity index (χ0) is 31.4. The number of carbonyl (C=O) groups is 2. The van der Waals surface area contributed by atoms with Crippen molar-refractivity contribution in [3.63, 3.8) is 0 Å². The van der Waals surface area contributed by atoms with Gasteiger partial charge in [-0.1, -0.05) is 17.7 Å². The minimum absolute atomic E-state index is 0.125. The van der Waals surface area contributed by atoms with E-state index in [4.69, 9.17) is 11.6 Å². The molecular formula is C30H27ClF3N7O3. The molecule has 0 unspecified atom stereocenters. The Balaban J connectivity index is 1.24. The maximum atomic E-state index is 14.9. The lowest BCUT2D eigenvalue weighted by atomic mass is 10.0. The highest BCUT2D eigenvalue weighted by Crippen LogP contribution is 2.47. The molecule has 0 spiro atoms. The van der Waals surface area contributed by atoms with Crippen molar-refractivity contribution >= 4 is 34.9 Å². The normalized spacial score (nSPS) is 18.8. The van der Waals surface area contributed by atoms with Crippen molar-refractivity contribution in [1.29, 1.82) is 0 Å². The van der Waals surface area contributed by atoms with E-state index in [9.17, 15) is 27.9 Å². The number of fused-ring (bicyclic) bond motifs is 1. The highest BCUT2D eigenvalue weighted by atomic mass is 35.5. The number of nitrogens with one attached hydrogen (secondary N) is 1. The molecular weight excluding hydrogens is 599 g/mol. The Kier molecular flexibility index (Phi) is 7.62. The maximum Gasteiger partial charge on any atom is 0.276 e. The van der Waals surface area contributed by atoms with Gasteiger partial charge in [-0.2, -0.15) is 5.10 Å². The van der Waals surface area contributed by atoms with Crippen LogP contribution in [0.1, 0.15) is 71.7 Å². The van der Waals surface area contributed by atoms with E-state index in [1.54, 1.807) is 22.0 Å². The van der Waals surface area contributed by atoms with Crippen LogP contribution in [0.25, 0.3) is 11.3 Å². The van der Waals surface area contributed by atoms with E-state index in [1.165, 1.54) is 13.1 Å². The zero-order valence-corrected chi connectivity index (χ0v) is 24.6. The Morgan fingerprint density at radius 2 is 1.95 bits per heavy atom. The van der Waals surface area contributed by atoms with E-state index in [-0.39, 0.29) is 40.6 Å². The van der Waals surface area contributed by atoms with Crippen molar-refractivity contribution < 1.29 is 27.9 Å². The number of hydrogen-bond acceptors (Lipinski definition) is 7. The molecule has 1 aromatic carbocycles. The van der Waals surface area contributed by atoms with Crippen molar-refractivity contribution in [3.8, 4) is 11.3 Å². The number of aliphatic hydroxyl groups is 1. The molecule has 0 radical (unpaired) electrons. The van der Waals surface area contributed by atoms with Crippen molar-refractivity contribution in [2.24, 2.45) is 11.8 Å². The number of halogens is 4. The monoisotopic (exact) mass is 625 g/mol. The van der Waals surface area contributed by atoms with Crippen LogP contribution in [0.3, 0.4) is 0 Å². The average Bonchev–Trinajstić information content (AvgIpc) is 3.49. The number of carbonyl (C=O) groups excluding carboxylic acids is 2. The van der Waals surface area contributed by atoms with Crippen LogP contribution in [0.5, 0.6) is 0 Å². The molecule has 10 nitrogen and oxygen atoms in total. The number of alkyl halides is 2. The van der Waals surface area contributed by atoms with Gasteiger partial charge in [0.25, 0.3) is 12.3 Å². The van der Waals surface area contributed by atoms with Gasteiger partial charge in [0.1, 0.15) is 5.82 Å². The first-order valence-corrected chi connectivity index (χ1v) is 14.3. The highest BCUT2D eigenvalue weighted by molar-refractivity contribution is 6.31. The summed E-state index contributed by atoms with van der Waals surface area (Å²) in [6.45, 7) is 5.85. The lowest BCUT2D eigenvalue weighted by Gasteiger charge is -2.21. The number of nitrogens with zero attached hydrogens (tertiary/aromatic N) is 6. The number of piperidine rings is 1. The molecule has 14 heteroatoms.